The molecule has 0 radical (unpaired) electrons. The van der Waals surface area contributed by atoms with Crippen LogP contribution < -0.4 is 29.1 Å². The summed E-state index contributed by atoms with van der Waals surface area (Å²) in [6, 6.07) is 8.41. The van der Waals surface area contributed by atoms with E-state index in [0.717, 1.165) is 18.5 Å². The number of hydrogen-bond donors (Lipinski definition) is 0. The fraction of sp³-hybridized carbons (Fsp3) is 0.250. The third-order valence-corrected chi connectivity index (χ3v) is 8.50. The Balaban J connectivity index is 1.94. The number of benzene rings is 2. The molecule has 0 spiro atoms. The van der Waals surface area contributed by atoms with Gasteiger partial charge in [-0.1, -0.05) is 24.0 Å². The van der Waals surface area contributed by atoms with E-state index < -0.39 is 12.0 Å². The minimum Gasteiger partial charge on any atom is -0.497 e. The predicted molar refractivity (Wildman–Crippen MR) is 168 cm³/mol. The molecule has 2 aromatic carbocycles. The summed E-state index contributed by atoms with van der Waals surface area (Å²) in [6.45, 7) is 7.78. The van der Waals surface area contributed by atoms with E-state index in [0.29, 0.717) is 38.7 Å². The summed E-state index contributed by atoms with van der Waals surface area (Å²) in [6.07, 6.45) is 3.53. The minimum absolute atomic E-state index is 0.191. The fourth-order valence-electron chi connectivity index (χ4n) is 4.22. The number of hydrogen-bond acceptors (Lipinski definition) is 8. The number of allylic oxidation sites excluding steroid dienone is 1. The number of ether oxygens (including phenoxy) is 4. The monoisotopic (exact) mass is 772 g/mol. The summed E-state index contributed by atoms with van der Waals surface area (Å²) >= 11 is 5.70. The van der Waals surface area contributed by atoms with Crippen molar-refractivity contribution in [3.05, 3.63) is 92.2 Å². The zero-order valence-corrected chi connectivity index (χ0v) is 26.9. The zero-order valence-electron chi connectivity index (χ0n) is 21.7. The first-order valence-corrected chi connectivity index (χ1v) is 14.9. The second kappa shape index (κ2) is 12.7. The standard InChI is InChI=1S/C28H26I2N2O6S/c1-6-10-38-25-19(29)11-16(12-20(25)30)13-22-26(33)32-24(18-9-8-17(35-4)14-21(18)36-5)23(27(34)37-7-2)15(3)31-28(32)39-22/h6,8-9,11-14,24H,1,7,10H2,2-5H3/b22-13-/t24-/m1/s1. The molecule has 4 rings (SSSR count). The molecule has 0 saturated carbocycles. The molecule has 0 bridgehead atoms. The van der Waals surface area contributed by atoms with Gasteiger partial charge in [-0.05, 0) is 94.9 Å². The Bertz CT molecular complexity index is 1630. The van der Waals surface area contributed by atoms with Gasteiger partial charge in [0, 0.05) is 11.6 Å². The van der Waals surface area contributed by atoms with Crippen LogP contribution in [0.25, 0.3) is 6.08 Å². The molecule has 0 saturated heterocycles. The largest absolute Gasteiger partial charge is 0.497 e. The van der Waals surface area contributed by atoms with Crippen LogP contribution in [0, 0.1) is 7.14 Å². The van der Waals surface area contributed by atoms with E-state index in [2.05, 4.69) is 56.8 Å². The predicted octanol–water partition coefficient (Wildman–Crippen LogP) is 4.59. The van der Waals surface area contributed by atoms with Crippen molar-refractivity contribution in [2.24, 2.45) is 4.99 Å². The first kappa shape index (κ1) is 29.3. The van der Waals surface area contributed by atoms with Gasteiger partial charge in [0.25, 0.3) is 5.56 Å². The van der Waals surface area contributed by atoms with Gasteiger partial charge in [0.2, 0.25) is 0 Å². The highest BCUT2D eigenvalue weighted by Crippen LogP contribution is 2.37. The van der Waals surface area contributed by atoms with Gasteiger partial charge < -0.3 is 18.9 Å². The lowest BCUT2D eigenvalue weighted by Crippen LogP contribution is -2.40. The number of halogens is 2. The second-order valence-electron chi connectivity index (χ2n) is 8.32. The maximum atomic E-state index is 13.9. The number of esters is 1. The van der Waals surface area contributed by atoms with Gasteiger partial charge in [-0.15, -0.1) is 0 Å². The quantitative estimate of drug-likeness (QED) is 0.180. The van der Waals surface area contributed by atoms with Gasteiger partial charge in [0.1, 0.15) is 29.9 Å². The van der Waals surface area contributed by atoms with Crippen molar-refractivity contribution in [3.63, 3.8) is 0 Å². The third kappa shape index (κ3) is 5.94. The smallest absolute Gasteiger partial charge is 0.338 e. The van der Waals surface area contributed by atoms with Crippen molar-refractivity contribution >= 4 is 68.6 Å². The van der Waals surface area contributed by atoms with Crippen molar-refractivity contribution in [1.29, 1.82) is 0 Å². The molecule has 1 aromatic heterocycles. The first-order valence-electron chi connectivity index (χ1n) is 11.9. The van der Waals surface area contributed by atoms with Gasteiger partial charge in [0.15, 0.2) is 4.80 Å². The SMILES string of the molecule is C=CCOc1c(I)cc(/C=c2\sc3n(c2=O)[C@H](c2ccc(OC)cc2OC)C(C(=O)OCC)=C(C)N=3)cc1I. The number of aromatic nitrogens is 1. The Kier molecular flexibility index (Phi) is 9.54. The van der Waals surface area contributed by atoms with Crippen LogP contribution in [0.2, 0.25) is 0 Å². The van der Waals surface area contributed by atoms with E-state index in [1.165, 1.54) is 23.0 Å². The van der Waals surface area contributed by atoms with Crippen LogP contribution in [0.5, 0.6) is 17.2 Å². The molecular formula is C28H26I2N2O6S. The highest BCUT2D eigenvalue weighted by molar-refractivity contribution is 14.1. The van der Waals surface area contributed by atoms with Crippen LogP contribution in [0.15, 0.2) is 64.0 Å². The van der Waals surface area contributed by atoms with Crippen LogP contribution in [-0.4, -0.2) is 38.0 Å². The molecule has 8 nitrogen and oxygen atoms in total. The molecule has 1 aliphatic heterocycles. The van der Waals surface area contributed by atoms with E-state index in [9.17, 15) is 9.59 Å². The number of carbonyl (C=O) groups excluding carboxylic acids is 1. The minimum atomic E-state index is -0.793. The number of methoxy groups -OCH3 is 2. The molecule has 11 heteroatoms. The van der Waals surface area contributed by atoms with Gasteiger partial charge >= 0.3 is 5.97 Å². The zero-order chi connectivity index (χ0) is 28.3. The van der Waals surface area contributed by atoms with E-state index in [4.69, 9.17) is 18.9 Å². The molecule has 1 atom stereocenters. The van der Waals surface area contributed by atoms with Crippen LogP contribution in [-0.2, 0) is 9.53 Å². The lowest BCUT2D eigenvalue weighted by molar-refractivity contribution is -0.139. The highest BCUT2D eigenvalue weighted by atomic mass is 127. The molecule has 0 unspecified atom stereocenters. The van der Waals surface area contributed by atoms with E-state index in [1.807, 2.05) is 18.2 Å². The summed E-state index contributed by atoms with van der Waals surface area (Å²) in [5, 5.41) is 0. The number of fused-ring (bicyclic) bond motifs is 1. The van der Waals surface area contributed by atoms with Crippen molar-refractivity contribution in [2.45, 2.75) is 19.9 Å². The molecule has 1 aliphatic rings. The molecule has 2 heterocycles. The van der Waals surface area contributed by atoms with Crippen LogP contribution in [0.1, 0.15) is 31.0 Å². The van der Waals surface area contributed by atoms with Crippen molar-refractivity contribution in [2.75, 3.05) is 27.4 Å². The number of rotatable bonds is 9. The Hall–Kier alpha value is -2.65. The number of thiazole rings is 1. The normalized spacial score (nSPS) is 14.9. The molecule has 0 amide bonds. The Morgan fingerprint density at radius 1 is 1.18 bits per heavy atom. The summed E-state index contributed by atoms with van der Waals surface area (Å²) in [7, 11) is 3.10. The van der Waals surface area contributed by atoms with E-state index >= 15 is 0 Å². The first-order chi connectivity index (χ1) is 18.7. The summed E-state index contributed by atoms with van der Waals surface area (Å²) in [4.78, 5) is 32.2. The lowest BCUT2D eigenvalue weighted by atomic mass is 9.95. The molecule has 0 fully saturated rings. The van der Waals surface area contributed by atoms with Gasteiger partial charge in [0.05, 0.1) is 43.8 Å². The molecule has 3 aromatic rings. The summed E-state index contributed by atoms with van der Waals surface area (Å²) in [5.74, 6) is 1.31. The second-order valence-corrected chi connectivity index (χ2v) is 11.7. The van der Waals surface area contributed by atoms with Crippen molar-refractivity contribution in [1.82, 2.24) is 4.57 Å². The number of carbonyl (C=O) groups is 1. The summed E-state index contributed by atoms with van der Waals surface area (Å²) < 4.78 is 26.0. The molecule has 0 N–H and O–H groups in total. The van der Waals surface area contributed by atoms with Gasteiger partial charge in [-0.2, -0.15) is 0 Å². The van der Waals surface area contributed by atoms with Crippen LogP contribution in [0.3, 0.4) is 0 Å². The average Bonchev–Trinajstić information content (AvgIpc) is 3.21. The van der Waals surface area contributed by atoms with Crippen LogP contribution >= 0.6 is 56.5 Å². The highest BCUT2D eigenvalue weighted by Gasteiger charge is 2.35. The van der Waals surface area contributed by atoms with Crippen LogP contribution in [0.4, 0.5) is 0 Å². The molecule has 0 aliphatic carbocycles. The Labute approximate surface area is 256 Å². The lowest BCUT2D eigenvalue weighted by Gasteiger charge is -2.26. The summed E-state index contributed by atoms with van der Waals surface area (Å²) in [5.41, 5.74) is 1.97. The van der Waals surface area contributed by atoms with Crippen molar-refractivity contribution in [3.8, 4) is 17.2 Å². The molecule has 204 valence electrons. The Morgan fingerprint density at radius 2 is 1.90 bits per heavy atom. The van der Waals surface area contributed by atoms with Crippen molar-refractivity contribution < 1.29 is 23.7 Å². The maximum absolute atomic E-state index is 13.9. The third-order valence-electron chi connectivity index (χ3n) is 5.92. The fourth-order valence-corrected chi connectivity index (χ4v) is 7.40. The Morgan fingerprint density at radius 3 is 2.51 bits per heavy atom. The molecule has 39 heavy (non-hydrogen) atoms. The number of nitrogens with zero attached hydrogens (tertiary/aromatic N) is 2. The maximum Gasteiger partial charge on any atom is 0.338 e. The van der Waals surface area contributed by atoms with Gasteiger partial charge in [-0.25, -0.2) is 9.79 Å². The van der Waals surface area contributed by atoms with E-state index in [-0.39, 0.29) is 17.7 Å². The van der Waals surface area contributed by atoms with E-state index in [1.54, 1.807) is 45.2 Å². The molecular weight excluding hydrogens is 746 g/mol. The van der Waals surface area contributed by atoms with Gasteiger partial charge in [-0.3, -0.25) is 9.36 Å². The topological polar surface area (TPSA) is 88.3 Å². The average molecular weight is 772 g/mol.